The highest BCUT2D eigenvalue weighted by molar-refractivity contribution is 7.99. The summed E-state index contributed by atoms with van der Waals surface area (Å²) in [6.45, 7) is 4.54. The predicted octanol–water partition coefficient (Wildman–Crippen LogP) is 6.31. The molecule has 0 aliphatic rings. The Hall–Kier alpha value is -2.47. The van der Waals surface area contributed by atoms with E-state index in [4.69, 9.17) is 23.2 Å². The second-order valence-electron chi connectivity index (χ2n) is 8.30. The molecule has 4 nitrogen and oxygen atoms in total. The normalized spacial score (nSPS) is 11.7. The van der Waals surface area contributed by atoms with E-state index in [9.17, 15) is 9.59 Å². The number of thioether (sulfide) groups is 1. The molecule has 0 aromatic heterocycles. The second-order valence-corrected chi connectivity index (χ2v) is 10.1. The Labute approximate surface area is 222 Å². The van der Waals surface area contributed by atoms with Gasteiger partial charge in [-0.25, -0.2) is 0 Å². The molecular formula is C28H30Cl2N2O2S. The first-order valence-electron chi connectivity index (χ1n) is 11.6. The molecule has 0 radical (unpaired) electrons. The molecule has 0 saturated carbocycles. The highest BCUT2D eigenvalue weighted by Crippen LogP contribution is 2.28. The second kappa shape index (κ2) is 13.6. The Morgan fingerprint density at radius 3 is 2.26 bits per heavy atom. The van der Waals surface area contributed by atoms with Gasteiger partial charge in [-0.2, -0.15) is 0 Å². The molecule has 3 aromatic rings. The molecule has 1 N–H and O–H groups in total. The van der Waals surface area contributed by atoms with E-state index in [1.807, 2.05) is 43.3 Å². The number of halogens is 2. The standard InChI is InChI=1S/C28H30Cl2N2O2S/c1-3-31-28(34)26(16-21-10-5-4-6-11-21)32(17-23-24(29)13-8-14-25(23)30)27(33)19-35-18-22-12-7-9-20(2)15-22/h4-15,26H,3,16-19H2,1-2H3,(H,31,34)/t26-/m1/s1. The fraction of sp³-hybridized carbons (Fsp3) is 0.286. The van der Waals surface area contributed by atoms with Crippen LogP contribution in [0.3, 0.4) is 0 Å². The number of carbonyl (C=O) groups is 2. The van der Waals surface area contributed by atoms with Gasteiger partial charge in [0.25, 0.3) is 0 Å². The van der Waals surface area contributed by atoms with Gasteiger partial charge in [-0.05, 0) is 37.1 Å². The van der Waals surface area contributed by atoms with E-state index in [-0.39, 0.29) is 24.1 Å². The number of carbonyl (C=O) groups excluding carboxylic acids is 2. The molecule has 184 valence electrons. The van der Waals surface area contributed by atoms with Crippen LogP contribution in [0.1, 0.15) is 29.2 Å². The minimum Gasteiger partial charge on any atom is -0.355 e. The van der Waals surface area contributed by atoms with Crippen LogP contribution >= 0.6 is 35.0 Å². The van der Waals surface area contributed by atoms with E-state index in [2.05, 4.69) is 30.4 Å². The number of aryl methyl sites for hydroxylation is 1. The molecule has 0 heterocycles. The van der Waals surface area contributed by atoms with E-state index >= 15 is 0 Å². The van der Waals surface area contributed by atoms with Crippen LogP contribution in [0.2, 0.25) is 10.0 Å². The topological polar surface area (TPSA) is 49.4 Å². The summed E-state index contributed by atoms with van der Waals surface area (Å²) in [4.78, 5) is 28.4. The Morgan fingerprint density at radius 1 is 0.943 bits per heavy atom. The Morgan fingerprint density at radius 2 is 1.60 bits per heavy atom. The molecule has 0 unspecified atom stereocenters. The van der Waals surface area contributed by atoms with Crippen LogP contribution in [-0.4, -0.2) is 35.1 Å². The fourth-order valence-electron chi connectivity index (χ4n) is 3.84. The first kappa shape index (κ1) is 27.1. The largest absolute Gasteiger partial charge is 0.355 e. The van der Waals surface area contributed by atoms with Crippen molar-refractivity contribution >= 4 is 46.8 Å². The van der Waals surface area contributed by atoms with Gasteiger partial charge in [0, 0.05) is 40.9 Å². The molecule has 3 rings (SSSR count). The maximum absolute atomic E-state index is 13.6. The molecule has 0 aliphatic heterocycles. The maximum atomic E-state index is 13.6. The van der Waals surface area contributed by atoms with Crippen LogP contribution in [0.25, 0.3) is 0 Å². The van der Waals surface area contributed by atoms with Gasteiger partial charge in [0.15, 0.2) is 0 Å². The average molecular weight is 530 g/mol. The smallest absolute Gasteiger partial charge is 0.243 e. The third kappa shape index (κ3) is 8.03. The molecule has 0 aliphatic carbocycles. The van der Waals surface area contributed by atoms with Crippen molar-refractivity contribution in [2.45, 2.75) is 38.6 Å². The zero-order chi connectivity index (χ0) is 25.2. The molecule has 3 aromatic carbocycles. The zero-order valence-corrected chi connectivity index (χ0v) is 22.3. The number of nitrogens with one attached hydrogen (secondary N) is 1. The lowest BCUT2D eigenvalue weighted by molar-refractivity contribution is -0.139. The Kier molecular flexibility index (Phi) is 10.5. The van der Waals surface area contributed by atoms with Crippen molar-refractivity contribution in [2.24, 2.45) is 0 Å². The lowest BCUT2D eigenvalue weighted by atomic mass is 10.0. The number of benzene rings is 3. The van der Waals surface area contributed by atoms with Crippen molar-refractivity contribution in [3.63, 3.8) is 0 Å². The highest BCUT2D eigenvalue weighted by atomic mass is 35.5. The van der Waals surface area contributed by atoms with Crippen molar-refractivity contribution in [3.05, 3.63) is 105 Å². The van der Waals surface area contributed by atoms with Crippen molar-refractivity contribution in [1.82, 2.24) is 10.2 Å². The van der Waals surface area contributed by atoms with E-state index in [0.717, 1.165) is 11.1 Å². The maximum Gasteiger partial charge on any atom is 0.243 e. The van der Waals surface area contributed by atoms with Gasteiger partial charge >= 0.3 is 0 Å². The quantitative estimate of drug-likeness (QED) is 0.317. The number of hydrogen-bond acceptors (Lipinski definition) is 3. The summed E-state index contributed by atoms with van der Waals surface area (Å²) < 4.78 is 0. The van der Waals surface area contributed by atoms with Crippen LogP contribution in [0.15, 0.2) is 72.8 Å². The minimum absolute atomic E-state index is 0.133. The number of amides is 2. The number of hydrogen-bond donors (Lipinski definition) is 1. The van der Waals surface area contributed by atoms with Crippen molar-refractivity contribution in [3.8, 4) is 0 Å². The molecule has 7 heteroatoms. The van der Waals surface area contributed by atoms with Crippen molar-refractivity contribution in [1.29, 1.82) is 0 Å². The zero-order valence-electron chi connectivity index (χ0n) is 20.0. The minimum atomic E-state index is -0.697. The van der Waals surface area contributed by atoms with Crippen LogP contribution < -0.4 is 5.32 Å². The van der Waals surface area contributed by atoms with Crippen LogP contribution in [0.5, 0.6) is 0 Å². The molecule has 35 heavy (non-hydrogen) atoms. The van der Waals surface area contributed by atoms with Crippen molar-refractivity contribution in [2.75, 3.05) is 12.3 Å². The number of likely N-dealkylation sites (N-methyl/N-ethyl adjacent to an activating group) is 1. The van der Waals surface area contributed by atoms with Crippen molar-refractivity contribution < 1.29 is 9.59 Å². The molecule has 0 bridgehead atoms. The predicted molar refractivity (Wildman–Crippen MR) is 147 cm³/mol. The summed E-state index contributed by atoms with van der Waals surface area (Å²) in [7, 11) is 0. The van der Waals surface area contributed by atoms with Gasteiger partial charge < -0.3 is 10.2 Å². The number of nitrogens with zero attached hydrogens (tertiary/aromatic N) is 1. The van der Waals surface area contributed by atoms with E-state index < -0.39 is 6.04 Å². The van der Waals surface area contributed by atoms with Gasteiger partial charge in [-0.15, -0.1) is 11.8 Å². The molecule has 0 fully saturated rings. The summed E-state index contributed by atoms with van der Waals surface area (Å²) in [5.74, 6) is 0.613. The first-order valence-corrected chi connectivity index (χ1v) is 13.5. The summed E-state index contributed by atoms with van der Waals surface area (Å²) in [5.41, 5.74) is 3.95. The van der Waals surface area contributed by atoms with Gasteiger partial charge in [0.2, 0.25) is 11.8 Å². The fourth-order valence-corrected chi connectivity index (χ4v) is 5.22. The first-order chi connectivity index (χ1) is 16.9. The highest BCUT2D eigenvalue weighted by Gasteiger charge is 2.31. The lowest BCUT2D eigenvalue weighted by Gasteiger charge is -2.32. The van der Waals surface area contributed by atoms with Crippen LogP contribution in [0, 0.1) is 6.92 Å². The molecule has 1 atom stereocenters. The summed E-state index contributed by atoms with van der Waals surface area (Å²) in [6, 6.07) is 22.5. The van der Waals surface area contributed by atoms with Gasteiger partial charge in [-0.3, -0.25) is 9.59 Å². The van der Waals surface area contributed by atoms with E-state index in [1.54, 1.807) is 23.1 Å². The lowest BCUT2D eigenvalue weighted by Crippen LogP contribution is -2.51. The third-order valence-electron chi connectivity index (χ3n) is 5.59. The average Bonchev–Trinajstić information content (AvgIpc) is 2.83. The molecular weight excluding hydrogens is 499 g/mol. The summed E-state index contributed by atoms with van der Waals surface area (Å²) in [5, 5.41) is 3.84. The van der Waals surface area contributed by atoms with Gasteiger partial charge in [-0.1, -0.05) is 89.4 Å². The SMILES string of the molecule is CCNC(=O)[C@@H](Cc1ccccc1)N(Cc1c(Cl)cccc1Cl)C(=O)CSCc1cccc(C)c1. The molecule has 2 amide bonds. The van der Waals surface area contributed by atoms with Crippen LogP contribution in [0.4, 0.5) is 0 Å². The van der Waals surface area contributed by atoms with Crippen LogP contribution in [-0.2, 0) is 28.3 Å². The summed E-state index contributed by atoms with van der Waals surface area (Å²) >= 11 is 14.4. The Bertz CT molecular complexity index is 1120. The Balaban J connectivity index is 1.87. The summed E-state index contributed by atoms with van der Waals surface area (Å²) in [6.07, 6.45) is 0.392. The molecule has 0 spiro atoms. The van der Waals surface area contributed by atoms with E-state index in [1.165, 1.54) is 17.3 Å². The monoisotopic (exact) mass is 528 g/mol. The third-order valence-corrected chi connectivity index (χ3v) is 7.29. The van der Waals surface area contributed by atoms with Gasteiger partial charge in [0.1, 0.15) is 6.04 Å². The number of rotatable bonds is 11. The van der Waals surface area contributed by atoms with E-state index in [0.29, 0.717) is 34.3 Å². The van der Waals surface area contributed by atoms with Gasteiger partial charge in [0.05, 0.1) is 5.75 Å². The molecule has 0 saturated heterocycles.